The minimum atomic E-state index is -3.67. The summed E-state index contributed by atoms with van der Waals surface area (Å²) >= 11 is 0. The van der Waals surface area contributed by atoms with E-state index in [1.807, 2.05) is 61.5 Å². The van der Waals surface area contributed by atoms with Crippen LogP contribution in [0.2, 0.25) is 0 Å². The summed E-state index contributed by atoms with van der Waals surface area (Å²) in [4.78, 5) is 29.1. The molecular weight excluding hydrogens is 582 g/mol. The Bertz CT molecular complexity index is 1510. The fourth-order valence-corrected chi connectivity index (χ4v) is 6.04. The fourth-order valence-electron chi connectivity index (χ4n) is 5.08. The number of rotatable bonds is 15. The summed E-state index contributed by atoms with van der Waals surface area (Å²) in [5.74, 6) is 1.19. The van der Waals surface area contributed by atoms with Crippen molar-refractivity contribution in [1.29, 1.82) is 0 Å². The summed E-state index contributed by atoms with van der Waals surface area (Å²) in [6.07, 6.45) is 2.50. The van der Waals surface area contributed by atoms with Gasteiger partial charge < -0.3 is 24.4 Å². The smallest absolute Gasteiger partial charge is 0.243 e. The monoisotopic (exact) mass is 623 g/mol. The number of benzene rings is 3. The van der Waals surface area contributed by atoms with Gasteiger partial charge in [-0.2, -0.15) is 0 Å². The first-order valence-corrected chi connectivity index (χ1v) is 16.7. The third kappa shape index (κ3) is 8.89. The van der Waals surface area contributed by atoms with Crippen LogP contribution in [0.5, 0.6) is 17.2 Å². The Hall–Kier alpha value is -4.25. The molecule has 0 bridgehead atoms. The molecule has 3 aromatic rings. The van der Waals surface area contributed by atoms with Crippen molar-refractivity contribution in [2.75, 3.05) is 44.0 Å². The van der Waals surface area contributed by atoms with Gasteiger partial charge >= 0.3 is 0 Å². The van der Waals surface area contributed by atoms with Crippen LogP contribution in [0.4, 0.5) is 5.69 Å². The third-order valence-corrected chi connectivity index (χ3v) is 8.47. The van der Waals surface area contributed by atoms with Crippen LogP contribution < -0.4 is 23.8 Å². The number of anilines is 1. The largest absolute Gasteiger partial charge is 0.497 e. The van der Waals surface area contributed by atoms with Gasteiger partial charge in [0.25, 0.3) is 0 Å². The van der Waals surface area contributed by atoms with Gasteiger partial charge in [-0.25, -0.2) is 8.42 Å². The van der Waals surface area contributed by atoms with E-state index in [9.17, 15) is 18.0 Å². The van der Waals surface area contributed by atoms with E-state index in [1.165, 1.54) is 4.31 Å². The molecule has 0 fully saturated rings. The molecule has 1 heterocycles. The fraction of sp³-hybridized carbons (Fsp3) is 0.394. The van der Waals surface area contributed by atoms with Gasteiger partial charge in [0.05, 0.1) is 19.1 Å². The average molecular weight is 624 g/mol. The van der Waals surface area contributed by atoms with Crippen molar-refractivity contribution in [2.45, 2.75) is 45.2 Å². The van der Waals surface area contributed by atoms with Gasteiger partial charge in [-0.15, -0.1) is 0 Å². The minimum Gasteiger partial charge on any atom is -0.497 e. The number of sulfonamides is 1. The van der Waals surface area contributed by atoms with Crippen molar-refractivity contribution in [3.8, 4) is 17.2 Å². The van der Waals surface area contributed by atoms with Gasteiger partial charge in [0, 0.05) is 38.5 Å². The molecule has 11 heteroatoms. The van der Waals surface area contributed by atoms with E-state index >= 15 is 0 Å². The number of hydrogen-bond donors (Lipinski definition) is 1. The van der Waals surface area contributed by atoms with Gasteiger partial charge in [0.1, 0.15) is 25.0 Å². The molecule has 3 aromatic carbocycles. The van der Waals surface area contributed by atoms with Gasteiger partial charge in [0.2, 0.25) is 21.8 Å². The van der Waals surface area contributed by atoms with Gasteiger partial charge in [-0.3, -0.25) is 13.9 Å². The summed E-state index contributed by atoms with van der Waals surface area (Å²) in [5, 5.41) is 2.97. The van der Waals surface area contributed by atoms with E-state index in [-0.39, 0.29) is 37.7 Å². The summed E-state index contributed by atoms with van der Waals surface area (Å²) in [5.41, 5.74) is 2.17. The lowest BCUT2D eigenvalue weighted by Crippen LogP contribution is -2.50. The Kier molecular flexibility index (Phi) is 11.5. The lowest BCUT2D eigenvalue weighted by atomic mass is 10.0. The molecule has 10 nitrogen and oxygen atoms in total. The molecule has 236 valence electrons. The van der Waals surface area contributed by atoms with Crippen molar-refractivity contribution >= 4 is 27.5 Å². The Balaban J connectivity index is 1.58. The standard InChI is InChI=1S/C33H41N3O7S/c1-4-17-34-33(38)29(22-25-10-6-5-7-11-25)35(24-26-12-8-13-28(21-26)41-2)32(37)14-9-18-36(44(3,39)40)27-15-16-30-31(23-27)43-20-19-42-30/h5-8,10-13,15-16,21,23,29H,4,9,14,17-20,22,24H2,1-3H3,(H,34,38)/t29-/m1/s1. The van der Waals surface area contributed by atoms with Crippen LogP contribution in [-0.2, 0) is 32.6 Å². The van der Waals surface area contributed by atoms with Crippen LogP contribution in [0.15, 0.2) is 72.8 Å². The van der Waals surface area contributed by atoms with Gasteiger partial charge in [-0.1, -0.05) is 49.4 Å². The predicted octanol–water partition coefficient (Wildman–Crippen LogP) is 4.18. The van der Waals surface area contributed by atoms with E-state index in [0.29, 0.717) is 49.1 Å². The summed E-state index contributed by atoms with van der Waals surface area (Å²) in [6, 6.07) is 21.2. The quantitative estimate of drug-likeness (QED) is 0.270. The van der Waals surface area contributed by atoms with Crippen LogP contribution in [-0.4, -0.2) is 70.8 Å². The Morgan fingerprint density at radius 2 is 1.68 bits per heavy atom. The first kappa shape index (κ1) is 32.7. The highest BCUT2D eigenvalue weighted by atomic mass is 32.2. The van der Waals surface area contributed by atoms with Crippen LogP contribution in [0.3, 0.4) is 0 Å². The number of methoxy groups -OCH3 is 1. The molecule has 1 aliphatic heterocycles. The van der Waals surface area contributed by atoms with E-state index < -0.39 is 16.1 Å². The second-order valence-electron chi connectivity index (χ2n) is 10.6. The van der Waals surface area contributed by atoms with Crippen LogP contribution >= 0.6 is 0 Å². The Morgan fingerprint density at radius 3 is 2.39 bits per heavy atom. The Labute approximate surface area is 260 Å². The number of carbonyl (C=O) groups excluding carboxylic acids is 2. The second-order valence-corrected chi connectivity index (χ2v) is 12.5. The number of amides is 2. The molecule has 2 amide bonds. The summed E-state index contributed by atoms with van der Waals surface area (Å²) in [6.45, 7) is 3.53. The number of carbonyl (C=O) groups is 2. The first-order valence-electron chi connectivity index (χ1n) is 14.8. The van der Waals surface area contributed by atoms with E-state index in [0.717, 1.165) is 23.8 Å². The van der Waals surface area contributed by atoms with Crippen LogP contribution in [0.25, 0.3) is 0 Å². The van der Waals surface area contributed by atoms with Crippen molar-refractivity contribution in [3.05, 3.63) is 83.9 Å². The Morgan fingerprint density at radius 1 is 0.955 bits per heavy atom. The zero-order chi connectivity index (χ0) is 31.5. The molecule has 0 aromatic heterocycles. The maximum absolute atomic E-state index is 14.0. The van der Waals surface area contributed by atoms with Crippen molar-refractivity contribution in [1.82, 2.24) is 10.2 Å². The molecule has 1 N–H and O–H groups in total. The van der Waals surface area contributed by atoms with Gasteiger partial charge in [-0.05, 0) is 48.2 Å². The maximum atomic E-state index is 14.0. The second kappa shape index (κ2) is 15.5. The number of hydrogen-bond acceptors (Lipinski definition) is 7. The lowest BCUT2D eigenvalue weighted by molar-refractivity contribution is -0.141. The zero-order valence-corrected chi connectivity index (χ0v) is 26.3. The van der Waals surface area contributed by atoms with E-state index in [4.69, 9.17) is 14.2 Å². The lowest BCUT2D eigenvalue weighted by Gasteiger charge is -2.32. The number of nitrogens with zero attached hydrogens (tertiary/aromatic N) is 2. The summed E-state index contributed by atoms with van der Waals surface area (Å²) in [7, 11) is -2.09. The van der Waals surface area contributed by atoms with Crippen molar-refractivity contribution in [3.63, 3.8) is 0 Å². The van der Waals surface area contributed by atoms with Gasteiger partial charge in [0.15, 0.2) is 11.5 Å². The molecular formula is C33H41N3O7S. The highest BCUT2D eigenvalue weighted by molar-refractivity contribution is 7.92. The molecule has 4 rings (SSSR count). The molecule has 0 spiro atoms. The normalized spacial score (nSPS) is 13.1. The molecule has 1 aliphatic rings. The van der Waals surface area contributed by atoms with E-state index in [2.05, 4.69) is 5.32 Å². The minimum absolute atomic E-state index is 0.0346. The van der Waals surface area contributed by atoms with Crippen LogP contribution in [0.1, 0.15) is 37.3 Å². The number of ether oxygens (including phenoxy) is 3. The summed E-state index contributed by atoms with van der Waals surface area (Å²) < 4.78 is 43.5. The van der Waals surface area contributed by atoms with Crippen LogP contribution in [0, 0.1) is 0 Å². The first-order chi connectivity index (χ1) is 21.2. The zero-order valence-electron chi connectivity index (χ0n) is 25.5. The molecule has 0 unspecified atom stereocenters. The number of fused-ring (bicyclic) bond motifs is 1. The van der Waals surface area contributed by atoms with Crippen molar-refractivity contribution < 1.29 is 32.2 Å². The van der Waals surface area contributed by atoms with E-state index in [1.54, 1.807) is 30.2 Å². The molecule has 0 radical (unpaired) electrons. The maximum Gasteiger partial charge on any atom is 0.243 e. The third-order valence-electron chi connectivity index (χ3n) is 7.27. The highest BCUT2D eigenvalue weighted by Gasteiger charge is 2.30. The van der Waals surface area contributed by atoms with Crippen molar-refractivity contribution in [2.24, 2.45) is 0 Å². The SMILES string of the molecule is CCCNC(=O)[C@@H](Cc1ccccc1)N(Cc1cccc(OC)c1)C(=O)CCCN(c1ccc2c(c1)OCCO2)S(C)(=O)=O. The topological polar surface area (TPSA) is 114 Å². The highest BCUT2D eigenvalue weighted by Crippen LogP contribution is 2.35. The average Bonchev–Trinajstić information content (AvgIpc) is 3.03. The predicted molar refractivity (Wildman–Crippen MR) is 170 cm³/mol. The molecule has 0 saturated carbocycles. The molecule has 0 aliphatic carbocycles. The number of nitrogens with one attached hydrogen (secondary N) is 1. The molecule has 44 heavy (non-hydrogen) atoms. The molecule has 1 atom stereocenters. The molecule has 0 saturated heterocycles.